The Morgan fingerprint density at radius 1 is 1.27 bits per heavy atom. The van der Waals surface area contributed by atoms with Crippen LogP contribution in [0.5, 0.6) is 0 Å². The molecular weight excluding hydrogens is 296 g/mol. The molecule has 3 rings (SSSR count). The lowest BCUT2D eigenvalue weighted by atomic mass is 10.1. The fourth-order valence-corrected chi connectivity index (χ4v) is 3.24. The first-order chi connectivity index (χ1) is 10.5. The van der Waals surface area contributed by atoms with Gasteiger partial charge in [-0.3, -0.25) is 4.79 Å². The number of hydrogen-bond acceptors (Lipinski definition) is 4. The molecule has 22 heavy (non-hydrogen) atoms. The maximum atomic E-state index is 12.1. The van der Waals surface area contributed by atoms with Gasteiger partial charge >= 0.3 is 0 Å². The van der Waals surface area contributed by atoms with E-state index < -0.39 is 0 Å². The molecule has 1 aliphatic carbocycles. The van der Waals surface area contributed by atoms with E-state index in [9.17, 15) is 4.79 Å². The van der Waals surface area contributed by atoms with E-state index >= 15 is 0 Å². The van der Waals surface area contributed by atoms with Gasteiger partial charge in [-0.05, 0) is 49.9 Å². The van der Waals surface area contributed by atoms with Gasteiger partial charge in [-0.1, -0.05) is 17.8 Å². The summed E-state index contributed by atoms with van der Waals surface area (Å²) in [7, 11) is 1.97. The monoisotopic (exact) mass is 316 g/mol. The molecule has 0 radical (unpaired) electrons. The Kier molecular flexibility index (Phi) is 4.20. The predicted molar refractivity (Wildman–Crippen MR) is 88.2 cm³/mol. The van der Waals surface area contributed by atoms with E-state index in [-0.39, 0.29) is 5.91 Å². The van der Waals surface area contributed by atoms with Gasteiger partial charge in [0.1, 0.15) is 5.82 Å². The molecule has 6 heteroatoms. The Hall–Kier alpha value is -1.82. The molecule has 0 spiro atoms. The number of amides is 1. The number of anilines is 1. The van der Waals surface area contributed by atoms with E-state index in [0.29, 0.717) is 11.7 Å². The minimum absolute atomic E-state index is 0.0222. The summed E-state index contributed by atoms with van der Waals surface area (Å²) >= 11 is 1.43. The second-order valence-electron chi connectivity index (χ2n) is 5.89. The number of carbonyl (C=O) groups excluding carboxylic acids is 1. The third-order valence-electron chi connectivity index (χ3n) is 3.65. The van der Waals surface area contributed by atoms with E-state index in [1.165, 1.54) is 24.6 Å². The summed E-state index contributed by atoms with van der Waals surface area (Å²) < 4.78 is 2.01. The van der Waals surface area contributed by atoms with Crippen molar-refractivity contribution in [1.82, 2.24) is 14.8 Å². The van der Waals surface area contributed by atoms with Crippen molar-refractivity contribution in [3.63, 3.8) is 0 Å². The summed E-state index contributed by atoms with van der Waals surface area (Å²) in [6.45, 7) is 4.05. The smallest absolute Gasteiger partial charge is 0.234 e. The van der Waals surface area contributed by atoms with Crippen LogP contribution in [-0.4, -0.2) is 26.4 Å². The van der Waals surface area contributed by atoms with Crippen molar-refractivity contribution in [1.29, 1.82) is 0 Å². The van der Waals surface area contributed by atoms with Crippen LogP contribution in [0, 0.1) is 13.8 Å². The lowest BCUT2D eigenvalue weighted by Gasteiger charge is -2.07. The molecule has 1 heterocycles. The van der Waals surface area contributed by atoms with Crippen molar-refractivity contribution >= 4 is 23.4 Å². The minimum atomic E-state index is -0.0222. The lowest BCUT2D eigenvalue weighted by Crippen LogP contribution is -2.14. The SMILES string of the molecule is Cc1cc(C)cc(NC(=O)CSc2nnc(C3CC3)n2C)c1. The zero-order valence-corrected chi connectivity index (χ0v) is 13.9. The van der Waals surface area contributed by atoms with Crippen molar-refractivity contribution in [2.45, 2.75) is 37.8 Å². The van der Waals surface area contributed by atoms with Crippen LogP contribution in [0.15, 0.2) is 23.4 Å². The second kappa shape index (κ2) is 6.12. The Morgan fingerprint density at radius 2 is 1.95 bits per heavy atom. The number of carbonyl (C=O) groups is 1. The molecule has 1 aliphatic rings. The number of nitrogens with zero attached hydrogens (tertiary/aromatic N) is 3. The van der Waals surface area contributed by atoms with E-state index in [4.69, 9.17) is 0 Å². The largest absolute Gasteiger partial charge is 0.325 e. The van der Waals surface area contributed by atoms with Crippen LogP contribution in [0.1, 0.15) is 35.7 Å². The van der Waals surface area contributed by atoms with E-state index in [0.717, 1.165) is 27.8 Å². The molecule has 1 saturated carbocycles. The molecule has 5 nitrogen and oxygen atoms in total. The number of rotatable bonds is 5. The van der Waals surface area contributed by atoms with Gasteiger partial charge in [-0.15, -0.1) is 10.2 Å². The molecule has 1 aromatic heterocycles. The van der Waals surface area contributed by atoms with Crippen LogP contribution >= 0.6 is 11.8 Å². The number of hydrogen-bond donors (Lipinski definition) is 1. The van der Waals surface area contributed by atoms with E-state index in [1.807, 2.05) is 37.6 Å². The molecule has 0 aliphatic heterocycles. The van der Waals surface area contributed by atoms with Crippen LogP contribution in [-0.2, 0) is 11.8 Å². The number of benzene rings is 1. The average molecular weight is 316 g/mol. The third kappa shape index (κ3) is 3.50. The van der Waals surface area contributed by atoms with Gasteiger partial charge in [0.15, 0.2) is 5.16 Å². The van der Waals surface area contributed by atoms with Gasteiger partial charge in [-0.2, -0.15) is 0 Å². The highest BCUT2D eigenvalue weighted by molar-refractivity contribution is 7.99. The fraction of sp³-hybridized carbons (Fsp3) is 0.438. The summed E-state index contributed by atoms with van der Waals surface area (Å²) in [5, 5.41) is 12.1. The highest BCUT2D eigenvalue weighted by Crippen LogP contribution is 2.39. The Bertz CT molecular complexity index is 686. The van der Waals surface area contributed by atoms with Gasteiger partial charge in [-0.25, -0.2) is 0 Å². The molecule has 1 fully saturated rings. The van der Waals surface area contributed by atoms with Crippen LogP contribution in [0.4, 0.5) is 5.69 Å². The van der Waals surface area contributed by atoms with Crippen molar-refractivity contribution < 1.29 is 4.79 Å². The van der Waals surface area contributed by atoms with Crippen molar-refractivity contribution in [2.24, 2.45) is 7.05 Å². The maximum absolute atomic E-state index is 12.1. The molecule has 1 amide bonds. The highest BCUT2D eigenvalue weighted by Gasteiger charge is 2.29. The van der Waals surface area contributed by atoms with Crippen LogP contribution in [0.3, 0.4) is 0 Å². The quantitative estimate of drug-likeness (QED) is 0.861. The number of thioether (sulfide) groups is 1. The number of aryl methyl sites for hydroxylation is 2. The van der Waals surface area contributed by atoms with E-state index in [1.54, 1.807) is 0 Å². The van der Waals surface area contributed by atoms with Gasteiger partial charge in [0.2, 0.25) is 5.91 Å². The highest BCUT2D eigenvalue weighted by atomic mass is 32.2. The van der Waals surface area contributed by atoms with Crippen molar-refractivity contribution in [3.8, 4) is 0 Å². The second-order valence-corrected chi connectivity index (χ2v) is 6.83. The maximum Gasteiger partial charge on any atom is 0.234 e. The molecule has 2 aromatic rings. The molecule has 1 aromatic carbocycles. The summed E-state index contributed by atoms with van der Waals surface area (Å²) in [6, 6.07) is 6.04. The van der Waals surface area contributed by atoms with Crippen molar-refractivity contribution in [3.05, 3.63) is 35.2 Å². The molecule has 0 unspecified atom stereocenters. The fourth-order valence-electron chi connectivity index (χ4n) is 2.52. The molecule has 0 bridgehead atoms. The minimum Gasteiger partial charge on any atom is -0.325 e. The summed E-state index contributed by atoms with van der Waals surface area (Å²) in [5.74, 6) is 1.92. The Morgan fingerprint density at radius 3 is 2.59 bits per heavy atom. The zero-order chi connectivity index (χ0) is 15.7. The van der Waals surface area contributed by atoms with Gasteiger partial charge < -0.3 is 9.88 Å². The molecule has 0 atom stereocenters. The first-order valence-corrected chi connectivity index (χ1v) is 8.41. The summed E-state index contributed by atoms with van der Waals surface area (Å²) in [5.41, 5.74) is 3.13. The topological polar surface area (TPSA) is 59.8 Å². The zero-order valence-electron chi connectivity index (χ0n) is 13.1. The van der Waals surface area contributed by atoms with Gasteiger partial charge in [0.05, 0.1) is 5.75 Å². The lowest BCUT2D eigenvalue weighted by molar-refractivity contribution is -0.113. The summed E-state index contributed by atoms with van der Waals surface area (Å²) in [4.78, 5) is 12.1. The van der Waals surface area contributed by atoms with E-state index in [2.05, 4.69) is 21.6 Å². The number of nitrogens with one attached hydrogen (secondary N) is 1. The first kappa shape index (κ1) is 15.1. The van der Waals surface area contributed by atoms with Crippen LogP contribution in [0.25, 0.3) is 0 Å². The summed E-state index contributed by atoms with van der Waals surface area (Å²) in [6.07, 6.45) is 2.40. The Balaban J connectivity index is 1.58. The average Bonchev–Trinajstić information content (AvgIpc) is 3.20. The molecule has 116 valence electrons. The van der Waals surface area contributed by atoms with Crippen LogP contribution in [0.2, 0.25) is 0 Å². The molecular formula is C16H20N4OS. The number of aromatic nitrogens is 3. The Labute approximate surface area is 134 Å². The first-order valence-electron chi connectivity index (χ1n) is 7.43. The van der Waals surface area contributed by atoms with Crippen LogP contribution < -0.4 is 5.32 Å². The standard InChI is InChI=1S/C16H20N4OS/c1-10-6-11(2)8-13(7-10)17-14(21)9-22-16-19-18-15(20(16)3)12-4-5-12/h6-8,12H,4-5,9H2,1-3H3,(H,17,21). The molecule has 0 saturated heterocycles. The van der Waals surface area contributed by atoms with Gasteiger partial charge in [0.25, 0.3) is 0 Å². The molecule has 1 N–H and O–H groups in total. The van der Waals surface area contributed by atoms with Crippen molar-refractivity contribution in [2.75, 3.05) is 11.1 Å². The van der Waals surface area contributed by atoms with Gasteiger partial charge in [0, 0.05) is 18.7 Å². The third-order valence-corrected chi connectivity index (χ3v) is 4.67. The predicted octanol–water partition coefficient (Wildman–Crippen LogP) is 3.04. The normalized spacial score (nSPS) is 14.1.